The third-order valence-electron chi connectivity index (χ3n) is 9.02. The fraction of sp³-hybridized carbons (Fsp3) is 0.344. The number of anilines is 1. The van der Waals surface area contributed by atoms with Gasteiger partial charge in [0, 0.05) is 42.6 Å². The minimum Gasteiger partial charge on any atom is -0.436 e. The van der Waals surface area contributed by atoms with Crippen molar-refractivity contribution in [1.29, 1.82) is 0 Å². The molecule has 1 N–H and O–H groups in total. The molecule has 3 unspecified atom stereocenters. The number of piperazine rings is 1. The molecule has 2 bridgehead atoms. The van der Waals surface area contributed by atoms with Crippen LogP contribution in [0.3, 0.4) is 0 Å². The average molecular weight is 644 g/mol. The van der Waals surface area contributed by atoms with Crippen molar-refractivity contribution in [1.82, 2.24) is 40.0 Å². The number of nitrogens with zero attached hydrogens (tertiary/aromatic N) is 8. The van der Waals surface area contributed by atoms with Gasteiger partial charge in [-0.15, -0.1) is 10.2 Å². The highest BCUT2D eigenvalue weighted by Gasteiger charge is 2.46. The zero-order valence-corrected chi connectivity index (χ0v) is 24.8. The Hall–Kier alpha value is -5.18. The molecule has 15 heteroatoms. The van der Waals surface area contributed by atoms with Crippen LogP contribution in [0.4, 0.5) is 18.9 Å². The number of nitrogens with one attached hydrogen (secondary N) is 1. The zero-order chi connectivity index (χ0) is 32.2. The van der Waals surface area contributed by atoms with E-state index in [1.165, 1.54) is 6.20 Å². The molecule has 2 amide bonds. The number of halogens is 3. The summed E-state index contributed by atoms with van der Waals surface area (Å²) in [6, 6.07) is 17.0. The maximum absolute atomic E-state index is 13.9. The first-order valence-electron chi connectivity index (χ1n) is 15.3. The second-order valence-electron chi connectivity index (χ2n) is 12.1. The van der Waals surface area contributed by atoms with E-state index in [4.69, 9.17) is 4.42 Å². The van der Waals surface area contributed by atoms with Gasteiger partial charge < -0.3 is 14.6 Å². The van der Waals surface area contributed by atoms with Crippen LogP contribution in [-0.4, -0.2) is 83.1 Å². The lowest BCUT2D eigenvalue weighted by Crippen LogP contribution is -2.56. The molecule has 8 rings (SSSR count). The number of carbonyl (C=O) groups excluding carboxylic acids is 2. The highest BCUT2D eigenvalue weighted by Crippen LogP contribution is 2.38. The van der Waals surface area contributed by atoms with E-state index in [9.17, 15) is 22.8 Å². The SMILES string of the molecule is O=C(Nc1ccc2oc(-c3ccnc(C(=O)N4C5CCC4CN(C(c4ccccc4)c4nnn(C(F)F)n4)C5)c3)nc2c1)[C@@H]1C[C@@H]1F. The van der Waals surface area contributed by atoms with E-state index < -0.39 is 24.7 Å². The molecular weight excluding hydrogens is 615 g/mol. The average Bonchev–Trinajstić information content (AvgIpc) is 3.37. The number of oxazole rings is 1. The summed E-state index contributed by atoms with van der Waals surface area (Å²) < 4.78 is 45.9. The van der Waals surface area contributed by atoms with E-state index in [1.54, 1.807) is 30.3 Å². The topological polar surface area (TPSA) is 135 Å². The molecule has 3 fully saturated rings. The number of amides is 2. The van der Waals surface area contributed by atoms with Gasteiger partial charge in [-0.25, -0.2) is 9.37 Å². The molecule has 47 heavy (non-hydrogen) atoms. The number of rotatable bonds is 8. The van der Waals surface area contributed by atoms with Gasteiger partial charge in [0.15, 0.2) is 11.4 Å². The Labute approximate surface area is 265 Å². The zero-order valence-electron chi connectivity index (χ0n) is 24.8. The van der Waals surface area contributed by atoms with Crippen molar-refractivity contribution in [2.24, 2.45) is 5.92 Å². The van der Waals surface area contributed by atoms with Crippen LogP contribution in [0.2, 0.25) is 0 Å². The normalized spacial score (nSPS) is 22.9. The van der Waals surface area contributed by atoms with Gasteiger partial charge in [0.25, 0.3) is 5.91 Å². The van der Waals surface area contributed by atoms with Crippen molar-refractivity contribution in [3.05, 3.63) is 83.9 Å². The van der Waals surface area contributed by atoms with Crippen molar-refractivity contribution < 1.29 is 27.2 Å². The first-order valence-corrected chi connectivity index (χ1v) is 15.3. The number of carbonyl (C=O) groups is 2. The predicted octanol–water partition coefficient (Wildman–Crippen LogP) is 4.65. The Morgan fingerprint density at radius 3 is 2.47 bits per heavy atom. The van der Waals surface area contributed by atoms with Crippen LogP contribution in [0, 0.1) is 5.92 Å². The van der Waals surface area contributed by atoms with Gasteiger partial charge in [-0.3, -0.25) is 19.5 Å². The van der Waals surface area contributed by atoms with Crippen LogP contribution in [0.5, 0.6) is 0 Å². The molecular formula is C32H28F3N9O3. The Balaban J connectivity index is 1.01. The van der Waals surface area contributed by atoms with Gasteiger partial charge in [-0.05, 0) is 60.4 Å². The molecule has 5 heterocycles. The highest BCUT2D eigenvalue weighted by atomic mass is 19.3. The molecule has 1 saturated carbocycles. The monoisotopic (exact) mass is 643 g/mol. The maximum Gasteiger partial charge on any atom is 0.350 e. The number of aromatic nitrogens is 6. The number of pyridine rings is 1. The standard InChI is InChI=1S/C32H28F3N9O3/c33-23-14-22(23)29(45)37-19-6-9-26-24(13-19)38-30(47-26)18-10-11-36-25(12-18)31(46)43-20-7-8-21(43)16-42(15-20)27(17-4-2-1-3-5-17)28-39-41-44(40-28)32(34)35/h1-6,9-13,20-23,27,32H,7-8,14-16H2,(H,37,45)/t20?,21?,22-,23+,27?/m1/s1. The lowest BCUT2D eigenvalue weighted by atomic mass is 10.0. The summed E-state index contributed by atoms with van der Waals surface area (Å²) >= 11 is 0. The third-order valence-corrected chi connectivity index (χ3v) is 9.02. The number of hydrogen-bond acceptors (Lipinski definition) is 9. The number of hydrogen-bond donors (Lipinski definition) is 1. The van der Waals surface area contributed by atoms with Crippen LogP contribution < -0.4 is 5.32 Å². The second-order valence-corrected chi connectivity index (χ2v) is 12.1. The van der Waals surface area contributed by atoms with Gasteiger partial charge in [0.05, 0.1) is 12.0 Å². The van der Waals surface area contributed by atoms with Gasteiger partial charge in [0.2, 0.25) is 11.8 Å². The maximum atomic E-state index is 13.9. The molecule has 1 aliphatic carbocycles. The lowest BCUT2D eigenvalue weighted by molar-refractivity contribution is -0.117. The van der Waals surface area contributed by atoms with E-state index in [-0.39, 0.29) is 47.7 Å². The highest BCUT2D eigenvalue weighted by molar-refractivity contribution is 5.96. The third kappa shape index (κ3) is 5.49. The van der Waals surface area contributed by atoms with Crippen molar-refractivity contribution in [3.8, 4) is 11.5 Å². The first-order chi connectivity index (χ1) is 22.8. The molecule has 2 aromatic carbocycles. The van der Waals surface area contributed by atoms with E-state index in [1.807, 2.05) is 35.2 Å². The first kappa shape index (κ1) is 29.2. The van der Waals surface area contributed by atoms with Crippen LogP contribution in [0.1, 0.15) is 53.7 Å². The van der Waals surface area contributed by atoms with Crippen molar-refractivity contribution >= 4 is 28.6 Å². The molecule has 240 valence electrons. The van der Waals surface area contributed by atoms with Gasteiger partial charge in [0.1, 0.15) is 17.4 Å². The van der Waals surface area contributed by atoms with E-state index >= 15 is 0 Å². The van der Waals surface area contributed by atoms with Crippen molar-refractivity contribution in [3.63, 3.8) is 0 Å². The predicted molar refractivity (Wildman–Crippen MR) is 161 cm³/mol. The summed E-state index contributed by atoms with van der Waals surface area (Å²) in [6.45, 7) is -1.93. The molecule has 5 atom stereocenters. The number of alkyl halides is 3. The minimum absolute atomic E-state index is 0.135. The lowest BCUT2D eigenvalue weighted by Gasteiger charge is -2.43. The Bertz CT molecular complexity index is 1950. The Morgan fingerprint density at radius 1 is 1.00 bits per heavy atom. The minimum atomic E-state index is -2.90. The van der Waals surface area contributed by atoms with Crippen LogP contribution >= 0.6 is 0 Å². The molecule has 0 radical (unpaired) electrons. The van der Waals surface area contributed by atoms with Gasteiger partial charge in [-0.2, -0.15) is 8.78 Å². The van der Waals surface area contributed by atoms with E-state index in [0.29, 0.717) is 40.2 Å². The molecule has 2 aliphatic heterocycles. The summed E-state index contributed by atoms with van der Waals surface area (Å²) in [5, 5.41) is 14.2. The van der Waals surface area contributed by atoms with Crippen LogP contribution in [0.25, 0.3) is 22.6 Å². The van der Waals surface area contributed by atoms with Crippen molar-refractivity contribution in [2.75, 3.05) is 18.4 Å². The number of fused-ring (bicyclic) bond motifs is 3. The van der Waals surface area contributed by atoms with E-state index in [2.05, 4.69) is 35.6 Å². The second kappa shape index (κ2) is 11.6. The summed E-state index contributed by atoms with van der Waals surface area (Å²) in [5.41, 5.74) is 3.13. The number of tetrazole rings is 1. The summed E-state index contributed by atoms with van der Waals surface area (Å²) in [4.78, 5) is 39.4. The van der Waals surface area contributed by atoms with Gasteiger partial charge >= 0.3 is 6.55 Å². The van der Waals surface area contributed by atoms with Gasteiger partial charge in [-0.1, -0.05) is 35.1 Å². The summed E-state index contributed by atoms with van der Waals surface area (Å²) in [6.07, 6.45) is 2.24. The largest absolute Gasteiger partial charge is 0.436 e. The van der Waals surface area contributed by atoms with Crippen LogP contribution in [-0.2, 0) is 4.79 Å². The molecule has 0 spiro atoms. The number of likely N-dealkylation sites (tertiary alicyclic amines) is 1. The quantitative estimate of drug-likeness (QED) is 0.257. The smallest absolute Gasteiger partial charge is 0.350 e. The molecule has 12 nitrogen and oxygen atoms in total. The van der Waals surface area contributed by atoms with Crippen molar-refractivity contribution in [2.45, 2.75) is 50.1 Å². The Kier molecular flexibility index (Phi) is 7.19. The fourth-order valence-electron chi connectivity index (χ4n) is 6.68. The molecule has 5 aromatic rings. The molecule has 2 saturated heterocycles. The summed E-state index contributed by atoms with van der Waals surface area (Å²) in [7, 11) is 0. The number of benzene rings is 2. The Morgan fingerprint density at radius 2 is 1.77 bits per heavy atom. The van der Waals surface area contributed by atoms with Crippen LogP contribution in [0.15, 0.2) is 71.3 Å². The fourth-order valence-corrected chi connectivity index (χ4v) is 6.68. The molecule has 3 aliphatic rings. The molecule has 3 aromatic heterocycles. The summed E-state index contributed by atoms with van der Waals surface area (Å²) in [5.74, 6) is -0.728. The van der Waals surface area contributed by atoms with E-state index in [0.717, 1.165) is 18.4 Å².